The number of para-hydroxylation sites is 1. The largest absolute Gasteiger partial charge is 0.496 e. The normalized spacial score (nSPS) is 24.0. The number of hydrogen-bond donors (Lipinski definition) is 2. The van der Waals surface area contributed by atoms with E-state index in [0.29, 0.717) is 23.2 Å². The molecule has 134 valence electrons. The van der Waals surface area contributed by atoms with Crippen LogP contribution in [0, 0.1) is 12.8 Å². The Hall–Kier alpha value is -2.66. The third-order valence-electron chi connectivity index (χ3n) is 5.69. The van der Waals surface area contributed by atoms with E-state index in [2.05, 4.69) is 5.32 Å². The van der Waals surface area contributed by atoms with Crippen LogP contribution in [0.1, 0.15) is 39.9 Å². The summed E-state index contributed by atoms with van der Waals surface area (Å²) >= 11 is 0. The summed E-state index contributed by atoms with van der Waals surface area (Å²) in [6.45, 7) is 1.96. The Morgan fingerprint density at radius 2 is 2.00 bits per heavy atom. The van der Waals surface area contributed by atoms with Crippen LogP contribution in [0.15, 0.2) is 36.4 Å². The van der Waals surface area contributed by atoms with Crippen LogP contribution in [0.25, 0.3) is 0 Å². The summed E-state index contributed by atoms with van der Waals surface area (Å²) in [5, 5.41) is 13.8. The van der Waals surface area contributed by atoms with Crippen molar-refractivity contribution in [1.82, 2.24) is 0 Å². The summed E-state index contributed by atoms with van der Waals surface area (Å²) in [6.07, 6.45) is 1.44. The molecule has 1 aliphatic heterocycles. The molecule has 0 fully saturated rings. The molecule has 0 saturated heterocycles. The maximum Gasteiger partial charge on any atom is 0.261 e. The highest BCUT2D eigenvalue weighted by Gasteiger charge is 2.48. The Labute approximate surface area is 152 Å². The lowest BCUT2D eigenvalue weighted by molar-refractivity contribution is -0.135. The van der Waals surface area contributed by atoms with E-state index in [1.165, 1.54) is 0 Å². The van der Waals surface area contributed by atoms with Gasteiger partial charge in [0.25, 0.3) is 5.91 Å². The summed E-state index contributed by atoms with van der Waals surface area (Å²) in [7, 11) is 1.62. The number of hydrogen-bond acceptors (Lipinski definition) is 4. The van der Waals surface area contributed by atoms with Crippen molar-refractivity contribution >= 4 is 17.4 Å². The number of rotatable bonds is 3. The molecule has 0 saturated carbocycles. The predicted octanol–water partition coefficient (Wildman–Crippen LogP) is 2.98. The number of fused-ring (bicyclic) bond motifs is 2. The molecule has 0 bridgehead atoms. The Balaban J connectivity index is 1.66. The Bertz CT molecular complexity index is 920. The second kappa shape index (κ2) is 5.95. The van der Waals surface area contributed by atoms with E-state index >= 15 is 0 Å². The number of benzene rings is 2. The second-order valence-corrected chi connectivity index (χ2v) is 7.08. The van der Waals surface area contributed by atoms with Crippen LogP contribution in [-0.4, -0.2) is 23.9 Å². The molecule has 5 heteroatoms. The van der Waals surface area contributed by atoms with Crippen LogP contribution in [0.3, 0.4) is 0 Å². The Morgan fingerprint density at radius 3 is 2.77 bits per heavy atom. The van der Waals surface area contributed by atoms with Crippen LogP contribution >= 0.6 is 0 Å². The third-order valence-corrected chi connectivity index (χ3v) is 5.69. The van der Waals surface area contributed by atoms with E-state index in [1.807, 2.05) is 13.0 Å². The third kappa shape index (κ3) is 2.35. The number of amides is 1. The van der Waals surface area contributed by atoms with Crippen LogP contribution < -0.4 is 10.1 Å². The highest BCUT2D eigenvalue weighted by Crippen LogP contribution is 2.43. The maximum atomic E-state index is 13.0. The van der Waals surface area contributed by atoms with Crippen LogP contribution in [0.2, 0.25) is 0 Å². The number of ketones is 1. The molecule has 0 aromatic heterocycles. The molecule has 1 amide bonds. The molecule has 5 nitrogen and oxygen atoms in total. The molecular weight excluding hydrogens is 330 g/mol. The van der Waals surface area contributed by atoms with Crippen molar-refractivity contribution in [3.63, 3.8) is 0 Å². The number of carbonyl (C=O) groups is 2. The van der Waals surface area contributed by atoms with Gasteiger partial charge in [0.05, 0.1) is 7.11 Å². The average Bonchev–Trinajstić information content (AvgIpc) is 2.89. The molecule has 2 aromatic carbocycles. The minimum Gasteiger partial charge on any atom is -0.496 e. The van der Waals surface area contributed by atoms with Crippen molar-refractivity contribution in [3.05, 3.63) is 58.7 Å². The Morgan fingerprint density at radius 1 is 1.23 bits per heavy atom. The molecular formula is C21H21NO4. The molecule has 1 heterocycles. The summed E-state index contributed by atoms with van der Waals surface area (Å²) < 4.78 is 5.35. The van der Waals surface area contributed by atoms with Gasteiger partial charge in [0, 0.05) is 22.7 Å². The highest BCUT2D eigenvalue weighted by atomic mass is 16.5. The molecule has 4 rings (SSSR count). The van der Waals surface area contributed by atoms with E-state index in [0.717, 1.165) is 23.3 Å². The molecule has 2 aliphatic rings. The van der Waals surface area contributed by atoms with Crippen LogP contribution in [0.5, 0.6) is 5.75 Å². The van der Waals surface area contributed by atoms with Gasteiger partial charge in [-0.25, -0.2) is 0 Å². The molecule has 2 aromatic rings. The standard InChI is InChI=1S/C21H21NO4/c1-12-14-8-7-13(19(23)15(14)9-10-18(12)26-2)11-21(25)16-5-3-4-6-17(16)22-20(21)24/h3-6,9-10,13,25H,7-8,11H2,1-2H3,(H,22,24)/t13-,21+/m1/s1. The summed E-state index contributed by atoms with van der Waals surface area (Å²) in [5.41, 5.74) is 2.18. The molecule has 2 atom stereocenters. The summed E-state index contributed by atoms with van der Waals surface area (Å²) in [6, 6.07) is 10.7. The molecule has 0 spiro atoms. The first-order valence-electron chi connectivity index (χ1n) is 8.79. The van der Waals surface area contributed by atoms with Gasteiger partial charge in [0.2, 0.25) is 0 Å². The van der Waals surface area contributed by atoms with E-state index < -0.39 is 17.4 Å². The first kappa shape index (κ1) is 16.8. The monoisotopic (exact) mass is 351 g/mol. The highest BCUT2D eigenvalue weighted by molar-refractivity contribution is 6.06. The van der Waals surface area contributed by atoms with E-state index in [1.54, 1.807) is 37.4 Å². The van der Waals surface area contributed by atoms with Crippen LogP contribution in [0.4, 0.5) is 5.69 Å². The fourth-order valence-electron chi connectivity index (χ4n) is 4.23. The minimum absolute atomic E-state index is 0.0115. The van der Waals surface area contributed by atoms with Gasteiger partial charge >= 0.3 is 0 Å². The zero-order valence-electron chi connectivity index (χ0n) is 14.8. The van der Waals surface area contributed by atoms with Crippen molar-refractivity contribution in [2.75, 3.05) is 12.4 Å². The smallest absolute Gasteiger partial charge is 0.261 e. The van der Waals surface area contributed by atoms with Gasteiger partial charge in [-0.05, 0) is 55.5 Å². The average molecular weight is 351 g/mol. The Kier molecular flexibility index (Phi) is 3.84. The van der Waals surface area contributed by atoms with Gasteiger partial charge in [-0.2, -0.15) is 0 Å². The van der Waals surface area contributed by atoms with E-state index in [4.69, 9.17) is 4.74 Å². The fraction of sp³-hybridized carbons (Fsp3) is 0.333. The van der Waals surface area contributed by atoms with Gasteiger partial charge in [-0.3, -0.25) is 9.59 Å². The van der Waals surface area contributed by atoms with Crippen LogP contribution in [-0.2, 0) is 16.8 Å². The number of carbonyl (C=O) groups excluding carboxylic acids is 2. The molecule has 1 aliphatic carbocycles. The van der Waals surface area contributed by atoms with Crippen molar-refractivity contribution in [2.24, 2.45) is 5.92 Å². The van der Waals surface area contributed by atoms with Gasteiger partial charge < -0.3 is 15.2 Å². The van der Waals surface area contributed by atoms with E-state index in [9.17, 15) is 14.7 Å². The summed E-state index contributed by atoms with van der Waals surface area (Å²) in [5.74, 6) is -0.0826. The molecule has 26 heavy (non-hydrogen) atoms. The number of ether oxygens (including phenoxy) is 1. The first-order chi connectivity index (χ1) is 12.5. The van der Waals surface area contributed by atoms with Gasteiger partial charge in [-0.1, -0.05) is 18.2 Å². The fourth-order valence-corrected chi connectivity index (χ4v) is 4.23. The second-order valence-electron chi connectivity index (χ2n) is 7.08. The molecule has 2 N–H and O–H groups in total. The van der Waals surface area contributed by atoms with Gasteiger partial charge in [0.15, 0.2) is 11.4 Å². The molecule has 0 unspecified atom stereocenters. The minimum atomic E-state index is -1.66. The van der Waals surface area contributed by atoms with Crippen molar-refractivity contribution < 1.29 is 19.4 Å². The van der Waals surface area contributed by atoms with Crippen molar-refractivity contribution in [2.45, 2.75) is 31.8 Å². The number of aliphatic hydroxyl groups is 1. The SMILES string of the molecule is COc1ccc2c(c1C)CC[C@H](C[C@@]1(O)C(=O)Nc3ccccc31)C2=O. The number of anilines is 1. The zero-order valence-corrected chi connectivity index (χ0v) is 14.8. The van der Waals surface area contributed by atoms with Crippen molar-refractivity contribution in [3.8, 4) is 5.75 Å². The molecule has 0 radical (unpaired) electrons. The van der Waals surface area contributed by atoms with Gasteiger partial charge in [-0.15, -0.1) is 0 Å². The zero-order chi connectivity index (χ0) is 18.5. The maximum absolute atomic E-state index is 13.0. The lowest BCUT2D eigenvalue weighted by Gasteiger charge is -2.30. The number of Topliss-reactive ketones (excluding diaryl/α,β-unsaturated/α-hetero) is 1. The summed E-state index contributed by atoms with van der Waals surface area (Å²) in [4.78, 5) is 25.5. The lowest BCUT2D eigenvalue weighted by Crippen LogP contribution is -2.39. The quantitative estimate of drug-likeness (QED) is 0.891. The predicted molar refractivity (Wildman–Crippen MR) is 97.5 cm³/mol. The number of methoxy groups -OCH3 is 1. The first-order valence-corrected chi connectivity index (χ1v) is 8.79. The van der Waals surface area contributed by atoms with Gasteiger partial charge in [0.1, 0.15) is 5.75 Å². The number of nitrogens with one attached hydrogen (secondary N) is 1. The van der Waals surface area contributed by atoms with Crippen molar-refractivity contribution in [1.29, 1.82) is 0 Å². The lowest BCUT2D eigenvalue weighted by atomic mass is 9.74. The topological polar surface area (TPSA) is 75.6 Å². The van der Waals surface area contributed by atoms with E-state index in [-0.39, 0.29) is 12.2 Å².